The van der Waals surface area contributed by atoms with E-state index in [1.54, 1.807) is 18.2 Å². The highest BCUT2D eigenvalue weighted by atomic mass is 32.2. The summed E-state index contributed by atoms with van der Waals surface area (Å²) in [6.07, 6.45) is 0. The smallest absolute Gasteiger partial charge is 0.266 e. The Balaban J connectivity index is 1.74. The van der Waals surface area contributed by atoms with Gasteiger partial charge in [0.2, 0.25) is 9.84 Å². The highest BCUT2D eigenvalue weighted by molar-refractivity contribution is 7.91. The molecule has 0 saturated carbocycles. The molecule has 1 aliphatic rings. The van der Waals surface area contributed by atoms with Crippen molar-refractivity contribution in [2.75, 3.05) is 4.90 Å². The summed E-state index contributed by atoms with van der Waals surface area (Å²) in [5.41, 5.74) is 2.30. The minimum absolute atomic E-state index is 0.00402. The Hall–Kier alpha value is -3.78. The van der Waals surface area contributed by atoms with Crippen LogP contribution in [0.4, 0.5) is 5.69 Å². The molecule has 156 valence electrons. The van der Waals surface area contributed by atoms with E-state index in [9.17, 15) is 27.9 Å². The standard InChI is InChI=1S/C23H17NO6S/c1-13-3-6-16(11-14(13)2)24-21(25)19-10-9-18(12-20(19)22(24)26)31(29,30)17-7-4-15(5-8-17)23(27)28/h3-12H,1-2H3,(H,27,28)/p-1. The summed E-state index contributed by atoms with van der Waals surface area (Å²) < 4.78 is 25.9. The molecule has 0 spiro atoms. The number of aromatic carboxylic acids is 1. The molecule has 0 saturated heterocycles. The molecule has 2 amide bonds. The van der Waals surface area contributed by atoms with Gasteiger partial charge in [-0.25, -0.2) is 13.3 Å². The van der Waals surface area contributed by atoms with E-state index in [1.165, 1.54) is 18.2 Å². The van der Waals surface area contributed by atoms with E-state index in [4.69, 9.17) is 0 Å². The van der Waals surface area contributed by atoms with Gasteiger partial charge in [0, 0.05) is 0 Å². The number of hydrogen-bond acceptors (Lipinski definition) is 6. The molecule has 3 aromatic rings. The lowest BCUT2D eigenvalue weighted by Crippen LogP contribution is -2.29. The third kappa shape index (κ3) is 3.30. The zero-order chi connectivity index (χ0) is 22.5. The average molecular weight is 434 g/mol. The number of aryl methyl sites for hydroxylation is 2. The summed E-state index contributed by atoms with van der Waals surface area (Å²) in [6.45, 7) is 3.78. The molecule has 0 N–H and O–H groups in total. The summed E-state index contributed by atoms with van der Waals surface area (Å²) in [4.78, 5) is 37.4. The van der Waals surface area contributed by atoms with Crippen LogP contribution in [0.3, 0.4) is 0 Å². The van der Waals surface area contributed by atoms with Crippen LogP contribution in [0, 0.1) is 13.8 Å². The SMILES string of the molecule is Cc1ccc(N2C(=O)c3ccc(S(=O)(=O)c4ccc(C(=O)[O-])cc4)cc3C2=O)cc1C. The van der Waals surface area contributed by atoms with Crippen molar-refractivity contribution < 1.29 is 27.9 Å². The number of carbonyl (C=O) groups excluding carboxylic acids is 3. The molecule has 4 rings (SSSR count). The number of anilines is 1. The molecule has 1 aliphatic heterocycles. The van der Waals surface area contributed by atoms with E-state index in [0.717, 1.165) is 40.3 Å². The Morgan fingerprint density at radius 2 is 1.39 bits per heavy atom. The molecule has 0 bridgehead atoms. The summed E-state index contributed by atoms with van der Waals surface area (Å²) in [5, 5.41) is 10.9. The van der Waals surface area contributed by atoms with Crippen LogP contribution in [0.1, 0.15) is 42.2 Å². The maximum absolute atomic E-state index is 13.0. The van der Waals surface area contributed by atoms with Crippen LogP contribution in [0.15, 0.2) is 70.5 Å². The average Bonchev–Trinajstić information content (AvgIpc) is 3.00. The lowest BCUT2D eigenvalue weighted by molar-refractivity contribution is -0.255. The third-order valence-corrected chi connectivity index (χ3v) is 7.08. The van der Waals surface area contributed by atoms with Crippen LogP contribution in [0.2, 0.25) is 0 Å². The van der Waals surface area contributed by atoms with Gasteiger partial charge in [0.15, 0.2) is 0 Å². The summed E-state index contributed by atoms with van der Waals surface area (Å²) in [5.74, 6) is -2.55. The first-order valence-electron chi connectivity index (χ1n) is 9.28. The number of rotatable bonds is 4. The molecule has 0 fully saturated rings. The Bertz CT molecular complexity index is 1370. The van der Waals surface area contributed by atoms with Gasteiger partial charge in [0.05, 0.1) is 32.6 Å². The van der Waals surface area contributed by atoms with Gasteiger partial charge >= 0.3 is 0 Å². The molecule has 7 nitrogen and oxygen atoms in total. The number of amides is 2. The van der Waals surface area contributed by atoms with Gasteiger partial charge in [0.25, 0.3) is 11.8 Å². The zero-order valence-electron chi connectivity index (χ0n) is 16.6. The van der Waals surface area contributed by atoms with Crippen molar-refractivity contribution in [3.05, 3.63) is 88.5 Å². The monoisotopic (exact) mass is 434 g/mol. The number of benzene rings is 3. The number of carboxylic acid groups (broad SMARTS) is 1. The molecule has 31 heavy (non-hydrogen) atoms. The summed E-state index contributed by atoms with van der Waals surface area (Å²) in [6, 6.07) is 13.5. The minimum Gasteiger partial charge on any atom is -0.545 e. The molecule has 3 aromatic carbocycles. The second kappa shape index (κ2) is 7.17. The normalized spacial score (nSPS) is 13.4. The summed E-state index contributed by atoms with van der Waals surface area (Å²) >= 11 is 0. The molecule has 0 unspecified atom stereocenters. The molecule has 0 radical (unpaired) electrons. The first-order chi connectivity index (χ1) is 14.6. The van der Waals surface area contributed by atoms with Gasteiger partial charge in [-0.3, -0.25) is 9.59 Å². The number of nitrogens with zero attached hydrogens (tertiary/aromatic N) is 1. The predicted octanol–water partition coefficient (Wildman–Crippen LogP) is 2.30. The number of carbonyl (C=O) groups is 3. The topological polar surface area (TPSA) is 112 Å². The second-order valence-corrected chi connectivity index (χ2v) is 9.19. The van der Waals surface area contributed by atoms with Crippen LogP contribution < -0.4 is 10.0 Å². The van der Waals surface area contributed by atoms with Crippen molar-refractivity contribution in [1.29, 1.82) is 0 Å². The molecule has 0 aromatic heterocycles. The third-order valence-electron chi connectivity index (χ3n) is 5.32. The van der Waals surface area contributed by atoms with Crippen molar-refractivity contribution in [3.8, 4) is 0 Å². The van der Waals surface area contributed by atoms with E-state index in [1.807, 2.05) is 13.8 Å². The largest absolute Gasteiger partial charge is 0.545 e. The fraction of sp³-hybridized carbons (Fsp3) is 0.0870. The fourth-order valence-electron chi connectivity index (χ4n) is 3.39. The molecule has 1 heterocycles. The first kappa shape index (κ1) is 20.5. The number of imide groups is 1. The number of sulfone groups is 1. The lowest BCUT2D eigenvalue weighted by Gasteiger charge is -2.15. The van der Waals surface area contributed by atoms with Gasteiger partial charge in [0.1, 0.15) is 0 Å². The second-order valence-electron chi connectivity index (χ2n) is 7.24. The van der Waals surface area contributed by atoms with Crippen LogP contribution in [-0.4, -0.2) is 26.2 Å². The van der Waals surface area contributed by atoms with Crippen molar-refractivity contribution >= 4 is 33.3 Å². The van der Waals surface area contributed by atoms with Crippen molar-refractivity contribution in [2.45, 2.75) is 23.6 Å². The van der Waals surface area contributed by atoms with Gasteiger partial charge in [-0.15, -0.1) is 0 Å². The van der Waals surface area contributed by atoms with Gasteiger partial charge in [-0.1, -0.05) is 18.2 Å². The van der Waals surface area contributed by atoms with Crippen molar-refractivity contribution in [3.63, 3.8) is 0 Å². The summed E-state index contributed by atoms with van der Waals surface area (Å²) in [7, 11) is -4.03. The molecule has 8 heteroatoms. The lowest BCUT2D eigenvalue weighted by atomic mass is 10.1. The Labute approximate surface area is 178 Å². The van der Waals surface area contributed by atoms with E-state index >= 15 is 0 Å². The number of fused-ring (bicyclic) bond motifs is 1. The van der Waals surface area contributed by atoms with E-state index < -0.39 is 27.6 Å². The Morgan fingerprint density at radius 1 is 0.774 bits per heavy atom. The molecular weight excluding hydrogens is 418 g/mol. The molecule has 0 aliphatic carbocycles. The highest BCUT2D eigenvalue weighted by Crippen LogP contribution is 2.32. The Kier molecular flexibility index (Phi) is 4.74. The number of carboxylic acids is 1. The first-order valence-corrected chi connectivity index (χ1v) is 10.8. The molecule has 0 atom stereocenters. The number of hydrogen-bond donors (Lipinski definition) is 0. The fourth-order valence-corrected chi connectivity index (χ4v) is 4.68. The van der Waals surface area contributed by atoms with Gasteiger partial charge < -0.3 is 9.90 Å². The zero-order valence-corrected chi connectivity index (χ0v) is 17.4. The van der Waals surface area contributed by atoms with Crippen LogP contribution in [-0.2, 0) is 9.84 Å². The van der Waals surface area contributed by atoms with Gasteiger partial charge in [-0.05, 0) is 73.0 Å². The van der Waals surface area contributed by atoms with Crippen molar-refractivity contribution in [2.24, 2.45) is 0 Å². The quantitative estimate of drug-likeness (QED) is 0.583. The van der Waals surface area contributed by atoms with Crippen LogP contribution in [0.5, 0.6) is 0 Å². The highest BCUT2D eigenvalue weighted by Gasteiger charge is 2.37. The van der Waals surface area contributed by atoms with Gasteiger partial charge in [-0.2, -0.15) is 0 Å². The maximum Gasteiger partial charge on any atom is 0.266 e. The maximum atomic E-state index is 13.0. The predicted molar refractivity (Wildman–Crippen MR) is 110 cm³/mol. The van der Waals surface area contributed by atoms with Crippen LogP contribution >= 0.6 is 0 Å². The van der Waals surface area contributed by atoms with E-state index in [0.29, 0.717) is 5.69 Å². The van der Waals surface area contributed by atoms with E-state index in [2.05, 4.69) is 0 Å². The van der Waals surface area contributed by atoms with Crippen LogP contribution in [0.25, 0.3) is 0 Å². The Morgan fingerprint density at radius 3 is 2.00 bits per heavy atom. The minimum atomic E-state index is -4.03. The van der Waals surface area contributed by atoms with E-state index in [-0.39, 0.29) is 26.5 Å². The van der Waals surface area contributed by atoms with Crippen molar-refractivity contribution in [1.82, 2.24) is 0 Å². The molecular formula is C23H16NO6S-.